The molecule has 3 aromatic rings. The van der Waals surface area contributed by atoms with E-state index in [9.17, 15) is 14.4 Å². The van der Waals surface area contributed by atoms with Gasteiger partial charge in [-0.05, 0) is 69.2 Å². The van der Waals surface area contributed by atoms with Crippen LogP contribution in [0.4, 0.5) is 5.69 Å². The molecule has 208 valence electrons. The van der Waals surface area contributed by atoms with Crippen LogP contribution in [0.1, 0.15) is 31.9 Å². The van der Waals surface area contributed by atoms with Gasteiger partial charge in [0.25, 0.3) is 0 Å². The normalized spacial score (nSPS) is 14.5. The predicted octanol–water partition coefficient (Wildman–Crippen LogP) is 2.86. The number of H-pyrrole nitrogens is 1. The number of halogens is 1. The third-order valence-corrected chi connectivity index (χ3v) is 6.58. The van der Waals surface area contributed by atoms with Crippen LogP contribution in [-0.2, 0) is 22.6 Å². The van der Waals surface area contributed by atoms with E-state index in [1.807, 2.05) is 49.9 Å². The van der Waals surface area contributed by atoms with Crippen molar-refractivity contribution in [3.8, 4) is 5.75 Å². The Balaban J connectivity index is 1.66. The average molecular weight is 556 g/mol. The maximum Gasteiger partial charge on any atom is 0.335 e. The Morgan fingerprint density at radius 1 is 1.13 bits per heavy atom. The number of aromatic amines is 1. The van der Waals surface area contributed by atoms with Crippen LogP contribution in [0, 0.1) is 12.8 Å². The van der Waals surface area contributed by atoms with Gasteiger partial charge in [0.1, 0.15) is 5.75 Å². The lowest BCUT2D eigenvalue weighted by Gasteiger charge is -2.38. The molecule has 39 heavy (non-hydrogen) atoms. The van der Waals surface area contributed by atoms with Crippen molar-refractivity contribution in [2.75, 3.05) is 26.2 Å². The quantitative estimate of drug-likeness (QED) is 0.385. The minimum Gasteiger partial charge on any atom is -0.491 e. The number of carbonyl (C=O) groups is 1. The predicted molar refractivity (Wildman–Crippen MR) is 149 cm³/mol. The molecule has 1 aliphatic heterocycles. The van der Waals surface area contributed by atoms with Gasteiger partial charge in [0.15, 0.2) is 0 Å². The van der Waals surface area contributed by atoms with Gasteiger partial charge < -0.3 is 9.47 Å². The second kappa shape index (κ2) is 12.5. The Morgan fingerprint density at radius 3 is 2.49 bits per heavy atom. The smallest absolute Gasteiger partial charge is 0.335 e. The third kappa shape index (κ3) is 7.27. The first kappa shape index (κ1) is 28.4. The zero-order valence-corrected chi connectivity index (χ0v) is 23.4. The van der Waals surface area contributed by atoms with Gasteiger partial charge in [0, 0.05) is 30.6 Å². The monoisotopic (exact) mass is 555 g/mol. The highest BCUT2D eigenvalue weighted by Gasteiger charge is 2.30. The fraction of sp³-hybridized carbons (Fsp3) is 0.429. The summed E-state index contributed by atoms with van der Waals surface area (Å²) in [5.41, 5.74) is 1.44. The molecule has 0 saturated carbocycles. The van der Waals surface area contributed by atoms with E-state index >= 15 is 0 Å². The van der Waals surface area contributed by atoms with Crippen LogP contribution < -0.4 is 21.7 Å². The molecule has 2 heterocycles. The summed E-state index contributed by atoms with van der Waals surface area (Å²) in [6, 6.07) is 12.6. The van der Waals surface area contributed by atoms with Crippen LogP contribution in [0.3, 0.4) is 0 Å². The number of carbonyl (C=O) groups excluding carboxylic acids is 1. The second-order valence-electron chi connectivity index (χ2n) is 9.95. The van der Waals surface area contributed by atoms with E-state index < -0.39 is 11.4 Å². The Hall–Kier alpha value is -3.63. The van der Waals surface area contributed by atoms with Crippen LogP contribution >= 0.6 is 11.6 Å². The molecule has 1 N–H and O–H groups in total. The van der Waals surface area contributed by atoms with Crippen LogP contribution in [0.15, 0.2) is 57.0 Å². The van der Waals surface area contributed by atoms with Crippen molar-refractivity contribution in [3.05, 3.63) is 85.2 Å². The fourth-order valence-electron chi connectivity index (χ4n) is 4.50. The van der Waals surface area contributed by atoms with E-state index in [1.165, 1.54) is 9.13 Å². The van der Waals surface area contributed by atoms with Gasteiger partial charge in [-0.2, -0.15) is 0 Å². The molecule has 0 aliphatic carbocycles. The molecular formula is C28H34ClN5O5. The van der Waals surface area contributed by atoms with Crippen LogP contribution in [0.25, 0.3) is 0 Å². The number of aryl methyl sites for hydroxylation is 1. The van der Waals surface area contributed by atoms with E-state index in [0.717, 1.165) is 16.9 Å². The Labute approximate surface area is 231 Å². The van der Waals surface area contributed by atoms with E-state index in [-0.39, 0.29) is 43.2 Å². The highest BCUT2D eigenvalue weighted by Crippen LogP contribution is 2.24. The van der Waals surface area contributed by atoms with Crippen molar-refractivity contribution in [2.45, 2.75) is 46.9 Å². The molecule has 0 atom stereocenters. The zero-order valence-electron chi connectivity index (χ0n) is 22.6. The molecule has 10 nitrogen and oxygen atoms in total. The van der Waals surface area contributed by atoms with E-state index in [1.54, 1.807) is 25.1 Å². The van der Waals surface area contributed by atoms with Crippen molar-refractivity contribution in [3.63, 3.8) is 0 Å². The summed E-state index contributed by atoms with van der Waals surface area (Å²) in [4.78, 5) is 47.8. The number of nitrogens with one attached hydrogen (secondary N) is 1. The number of ether oxygens (including phenoxy) is 2. The first-order valence-electron chi connectivity index (χ1n) is 13.0. The molecule has 1 aromatic heterocycles. The number of esters is 1. The fourth-order valence-corrected chi connectivity index (χ4v) is 4.62. The summed E-state index contributed by atoms with van der Waals surface area (Å²) in [5.74, 6) is 0.525. The minimum atomic E-state index is -0.536. The number of aromatic nitrogens is 3. The maximum atomic E-state index is 13.6. The molecule has 0 bridgehead atoms. The summed E-state index contributed by atoms with van der Waals surface area (Å²) in [6.07, 6.45) is 0.0323. The summed E-state index contributed by atoms with van der Waals surface area (Å²) >= 11 is 6.05. The van der Waals surface area contributed by atoms with Crippen molar-refractivity contribution in [1.82, 2.24) is 19.0 Å². The molecule has 0 radical (unpaired) electrons. The summed E-state index contributed by atoms with van der Waals surface area (Å²) in [7, 11) is 0. The Morgan fingerprint density at radius 2 is 1.85 bits per heavy atom. The van der Waals surface area contributed by atoms with Gasteiger partial charge in [-0.25, -0.2) is 19.1 Å². The summed E-state index contributed by atoms with van der Waals surface area (Å²) < 4.78 is 13.5. The number of hydrogen-bond acceptors (Lipinski definition) is 7. The molecule has 0 unspecified atom stereocenters. The van der Waals surface area contributed by atoms with Crippen molar-refractivity contribution in [1.29, 1.82) is 0 Å². The number of nitrogens with zero attached hydrogens (tertiary/aromatic N) is 4. The number of likely N-dealkylation sites (tertiary alicyclic amines) is 1. The van der Waals surface area contributed by atoms with Crippen LogP contribution in [0.2, 0.25) is 5.02 Å². The zero-order chi connectivity index (χ0) is 28.1. The third-order valence-electron chi connectivity index (χ3n) is 6.32. The topological polar surface area (TPSA) is 111 Å². The molecule has 4 rings (SSSR count). The van der Waals surface area contributed by atoms with Gasteiger partial charge in [-0.3, -0.25) is 19.2 Å². The highest BCUT2D eigenvalue weighted by molar-refractivity contribution is 6.30. The lowest BCUT2D eigenvalue weighted by Crippen LogP contribution is -2.55. The van der Waals surface area contributed by atoms with E-state index in [4.69, 9.17) is 21.1 Å². The Kier molecular flexibility index (Phi) is 9.08. The number of hydrogen-bond donors (Lipinski definition) is 1. The van der Waals surface area contributed by atoms with Crippen molar-refractivity contribution >= 4 is 23.3 Å². The molecule has 1 saturated heterocycles. The first-order valence-corrected chi connectivity index (χ1v) is 13.4. The van der Waals surface area contributed by atoms with Gasteiger partial charge in [0.2, 0.25) is 5.62 Å². The van der Waals surface area contributed by atoms with Crippen LogP contribution in [-0.4, -0.2) is 57.3 Å². The molecule has 2 aromatic carbocycles. The average Bonchev–Trinajstić information content (AvgIpc) is 2.85. The van der Waals surface area contributed by atoms with Crippen molar-refractivity contribution in [2.24, 2.45) is 10.9 Å². The Bertz CT molecular complexity index is 1500. The molecular weight excluding hydrogens is 522 g/mol. The maximum absolute atomic E-state index is 13.6. The molecule has 1 fully saturated rings. The molecule has 1 aliphatic rings. The summed E-state index contributed by atoms with van der Waals surface area (Å²) in [6.45, 7) is 9.75. The number of benzene rings is 2. The highest BCUT2D eigenvalue weighted by atomic mass is 35.5. The van der Waals surface area contributed by atoms with Gasteiger partial charge >= 0.3 is 17.3 Å². The largest absolute Gasteiger partial charge is 0.491 e. The molecule has 11 heteroatoms. The number of rotatable bonds is 10. The molecule has 0 spiro atoms. The lowest BCUT2D eigenvalue weighted by molar-refractivity contribution is -0.146. The van der Waals surface area contributed by atoms with Gasteiger partial charge in [-0.1, -0.05) is 23.7 Å². The minimum absolute atomic E-state index is 0.0323. The van der Waals surface area contributed by atoms with E-state index in [0.29, 0.717) is 30.4 Å². The first-order chi connectivity index (χ1) is 18.6. The standard InChI is InChI=1S/C28H34ClN5O5/c1-5-38-25(35)17-32-13-21(14-32)16-34-27(36)31-26(30-23-10-11-24(19(4)12-23)39-18(2)3)33(28(34)37)15-20-6-8-22(29)9-7-20/h6-12,18,21H,5,13-17H2,1-4H3,(H,30,31,36). The second-order valence-corrected chi connectivity index (χ2v) is 10.4. The van der Waals surface area contributed by atoms with Crippen LogP contribution in [0.5, 0.6) is 5.75 Å². The van der Waals surface area contributed by atoms with Crippen molar-refractivity contribution < 1.29 is 14.3 Å². The lowest BCUT2D eigenvalue weighted by atomic mass is 10.0. The SMILES string of the molecule is CCOC(=O)CN1CC(Cn2c(=O)[nH]/c(=N\c3ccc(OC(C)C)c(C)c3)n(Cc3ccc(Cl)cc3)c2=O)C1. The van der Waals surface area contributed by atoms with E-state index in [2.05, 4.69) is 9.98 Å². The summed E-state index contributed by atoms with van der Waals surface area (Å²) in [5, 5.41) is 0.587. The van der Waals surface area contributed by atoms with Gasteiger partial charge in [-0.15, -0.1) is 0 Å². The van der Waals surface area contributed by atoms with Gasteiger partial charge in [0.05, 0.1) is 31.5 Å². The molecule has 0 amide bonds.